The van der Waals surface area contributed by atoms with Crippen LogP contribution >= 0.6 is 0 Å². The molecule has 0 bridgehead atoms. The van der Waals surface area contributed by atoms with Crippen molar-refractivity contribution in [3.8, 4) is 5.82 Å². The van der Waals surface area contributed by atoms with Crippen LogP contribution in [0.5, 0.6) is 0 Å². The van der Waals surface area contributed by atoms with E-state index in [9.17, 15) is 0 Å². The highest BCUT2D eigenvalue weighted by atomic mass is 15.1. The average Bonchev–Trinajstić information content (AvgIpc) is 2.78. The third-order valence-corrected chi connectivity index (χ3v) is 2.86. The SMILES string of the molecule is CN(C)c1ccnc(-n2cnc(C(C)(C)C)c2)c1. The standard InChI is InChI=1S/C14H20N4/c1-14(2,3)12-9-18(10-16-12)13-8-11(17(4)5)6-7-15-13/h6-10H,1-5H3. The quantitative estimate of drug-likeness (QED) is 0.814. The molecule has 0 aliphatic carbocycles. The van der Waals surface area contributed by atoms with Gasteiger partial charge in [0.15, 0.2) is 0 Å². The molecule has 4 nitrogen and oxygen atoms in total. The molecule has 2 aromatic heterocycles. The zero-order valence-corrected chi connectivity index (χ0v) is 11.7. The number of imidazole rings is 1. The highest BCUT2D eigenvalue weighted by Crippen LogP contribution is 2.21. The van der Waals surface area contributed by atoms with Crippen LogP contribution in [-0.4, -0.2) is 28.6 Å². The second kappa shape index (κ2) is 4.44. The van der Waals surface area contributed by atoms with E-state index in [1.165, 1.54) is 0 Å². The van der Waals surface area contributed by atoms with Gasteiger partial charge in [-0.3, -0.25) is 4.57 Å². The summed E-state index contributed by atoms with van der Waals surface area (Å²) in [7, 11) is 4.04. The van der Waals surface area contributed by atoms with Crippen molar-refractivity contribution in [3.63, 3.8) is 0 Å². The summed E-state index contributed by atoms with van der Waals surface area (Å²) in [5.74, 6) is 0.893. The molecule has 2 rings (SSSR count). The minimum Gasteiger partial charge on any atom is -0.378 e. The lowest BCUT2D eigenvalue weighted by Crippen LogP contribution is -2.11. The van der Waals surface area contributed by atoms with E-state index >= 15 is 0 Å². The highest BCUT2D eigenvalue weighted by Gasteiger charge is 2.17. The molecule has 0 radical (unpaired) electrons. The van der Waals surface area contributed by atoms with Gasteiger partial charge < -0.3 is 4.90 Å². The van der Waals surface area contributed by atoms with Crippen LogP contribution in [0.25, 0.3) is 5.82 Å². The summed E-state index contributed by atoms with van der Waals surface area (Å²) in [6.07, 6.45) is 5.69. The van der Waals surface area contributed by atoms with E-state index in [0.29, 0.717) is 0 Å². The molecule has 4 heteroatoms. The Balaban J connectivity index is 2.37. The fourth-order valence-electron chi connectivity index (χ4n) is 1.66. The van der Waals surface area contributed by atoms with Crippen LogP contribution in [0.4, 0.5) is 5.69 Å². The van der Waals surface area contributed by atoms with Gasteiger partial charge in [-0.05, 0) is 6.07 Å². The Kier molecular flexibility index (Phi) is 3.11. The van der Waals surface area contributed by atoms with E-state index < -0.39 is 0 Å². The largest absolute Gasteiger partial charge is 0.378 e. The number of pyridine rings is 1. The van der Waals surface area contributed by atoms with Crippen molar-refractivity contribution in [1.82, 2.24) is 14.5 Å². The molecule has 0 fully saturated rings. The lowest BCUT2D eigenvalue weighted by Gasteiger charge is -2.14. The Bertz CT molecular complexity index is 535. The molecular weight excluding hydrogens is 224 g/mol. The molecule has 96 valence electrons. The molecule has 0 spiro atoms. The Labute approximate surface area is 108 Å². The van der Waals surface area contributed by atoms with Gasteiger partial charge in [0.2, 0.25) is 0 Å². The molecule has 0 saturated carbocycles. The van der Waals surface area contributed by atoms with Gasteiger partial charge in [0, 0.05) is 43.7 Å². The molecule has 2 heterocycles. The molecule has 2 aromatic rings. The first-order valence-corrected chi connectivity index (χ1v) is 6.06. The molecule has 0 saturated heterocycles. The van der Waals surface area contributed by atoms with E-state index in [4.69, 9.17) is 0 Å². The molecule has 18 heavy (non-hydrogen) atoms. The topological polar surface area (TPSA) is 34.0 Å². The van der Waals surface area contributed by atoms with Crippen LogP contribution in [0.3, 0.4) is 0 Å². The molecule has 0 aliphatic heterocycles. The predicted molar refractivity (Wildman–Crippen MR) is 74.4 cm³/mol. The first kappa shape index (κ1) is 12.6. The molecule has 0 amide bonds. The summed E-state index contributed by atoms with van der Waals surface area (Å²) in [6, 6.07) is 4.04. The summed E-state index contributed by atoms with van der Waals surface area (Å²) in [6.45, 7) is 6.47. The van der Waals surface area contributed by atoms with Gasteiger partial charge in [-0.2, -0.15) is 0 Å². The van der Waals surface area contributed by atoms with Crippen LogP contribution in [0.15, 0.2) is 30.9 Å². The second-order valence-electron chi connectivity index (χ2n) is 5.68. The fraction of sp³-hybridized carbons (Fsp3) is 0.429. The number of nitrogens with zero attached hydrogens (tertiary/aromatic N) is 4. The summed E-state index contributed by atoms with van der Waals surface area (Å²) >= 11 is 0. The summed E-state index contributed by atoms with van der Waals surface area (Å²) < 4.78 is 1.97. The molecule has 0 aliphatic rings. The van der Waals surface area contributed by atoms with Gasteiger partial charge in [0.25, 0.3) is 0 Å². The minimum absolute atomic E-state index is 0.0599. The fourth-order valence-corrected chi connectivity index (χ4v) is 1.66. The Hall–Kier alpha value is -1.84. The Morgan fingerprint density at radius 1 is 1.17 bits per heavy atom. The van der Waals surface area contributed by atoms with Crippen molar-refractivity contribution >= 4 is 5.69 Å². The average molecular weight is 244 g/mol. The first-order chi connectivity index (χ1) is 8.38. The monoisotopic (exact) mass is 244 g/mol. The van der Waals surface area contributed by atoms with Gasteiger partial charge >= 0.3 is 0 Å². The van der Waals surface area contributed by atoms with Crippen LogP contribution in [0.2, 0.25) is 0 Å². The summed E-state index contributed by atoms with van der Waals surface area (Å²) in [5, 5.41) is 0. The maximum Gasteiger partial charge on any atom is 0.139 e. The van der Waals surface area contributed by atoms with Crippen molar-refractivity contribution in [2.24, 2.45) is 0 Å². The van der Waals surface area contributed by atoms with Gasteiger partial charge in [-0.25, -0.2) is 9.97 Å². The Morgan fingerprint density at radius 3 is 2.44 bits per heavy atom. The third-order valence-electron chi connectivity index (χ3n) is 2.86. The van der Waals surface area contributed by atoms with Gasteiger partial charge in [0.05, 0.1) is 5.69 Å². The normalized spacial score (nSPS) is 11.6. The first-order valence-electron chi connectivity index (χ1n) is 6.06. The lowest BCUT2D eigenvalue weighted by molar-refractivity contribution is 0.572. The number of hydrogen-bond acceptors (Lipinski definition) is 3. The number of hydrogen-bond donors (Lipinski definition) is 0. The van der Waals surface area contributed by atoms with Crippen molar-refractivity contribution in [2.75, 3.05) is 19.0 Å². The van der Waals surface area contributed by atoms with E-state index in [1.807, 2.05) is 49.5 Å². The van der Waals surface area contributed by atoms with Gasteiger partial charge in [-0.15, -0.1) is 0 Å². The molecule has 0 N–H and O–H groups in total. The summed E-state index contributed by atoms with van der Waals surface area (Å²) in [4.78, 5) is 10.9. The smallest absolute Gasteiger partial charge is 0.139 e. The van der Waals surface area contributed by atoms with Gasteiger partial charge in [-0.1, -0.05) is 20.8 Å². The van der Waals surface area contributed by atoms with Crippen LogP contribution < -0.4 is 4.90 Å². The number of rotatable bonds is 2. The number of aromatic nitrogens is 3. The van der Waals surface area contributed by atoms with Crippen molar-refractivity contribution in [3.05, 3.63) is 36.5 Å². The number of anilines is 1. The van der Waals surface area contributed by atoms with Crippen LogP contribution in [-0.2, 0) is 5.41 Å². The zero-order chi connectivity index (χ0) is 13.3. The third kappa shape index (κ3) is 2.53. The Morgan fingerprint density at radius 2 is 1.89 bits per heavy atom. The zero-order valence-electron chi connectivity index (χ0n) is 11.7. The van der Waals surface area contributed by atoms with Crippen LogP contribution in [0.1, 0.15) is 26.5 Å². The minimum atomic E-state index is 0.0599. The predicted octanol–water partition coefficient (Wildman–Crippen LogP) is 2.63. The van der Waals surface area contributed by atoms with Crippen molar-refractivity contribution in [1.29, 1.82) is 0 Å². The molecule has 0 unspecified atom stereocenters. The van der Waals surface area contributed by atoms with E-state index in [0.717, 1.165) is 17.2 Å². The second-order valence-corrected chi connectivity index (χ2v) is 5.68. The van der Waals surface area contributed by atoms with E-state index in [1.54, 1.807) is 0 Å². The van der Waals surface area contributed by atoms with Gasteiger partial charge in [0.1, 0.15) is 12.1 Å². The van der Waals surface area contributed by atoms with E-state index in [2.05, 4.69) is 35.6 Å². The summed E-state index contributed by atoms with van der Waals surface area (Å²) in [5.41, 5.74) is 2.26. The van der Waals surface area contributed by atoms with E-state index in [-0.39, 0.29) is 5.41 Å². The van der Waals surface area contributed by atoms with Crippen molar-refractivity contribution < 1.29 is 0 Å². The lowest BCUT2D eigenvalue weighted by atomic mass is 9.93. The molecular formula is C14H20N4. The van der Waals surface area contributed by atoms with Crippen molar-refractivity contribution in [2.45, 2.75) is 26.2 Å². The maximum atomic E-state index is 4.45. The molecule has 0 atom stereocenters. The molecule has 0 aromatic carbocycles. The highest BCUT2D eigenvalue weighted by molar-refractivity contribution is 5.48. The maximum absolute atomic E-state index is 4.45. The van der Waals surface area contributed by atoms with Crippen LogP contribution in [0, 0.1) is 0 Å².